The minimum Gasteiger partial charge on any atom is -0.321 e. The quantitative estimate of drug-likeness (QED) is 0.557. The molecule has 25 heavy (non-hydrogen) atoms. The third-order valence-electron chi connectivity index (χ3n) is 4.07. The zero-order valence-corrected chi connectivity index (χ0v) is 13.4. The van der Waals surface area contributed by atoms with Gasteiger partial charge in [-0.05, 0) is 29.8 Å². The molecule has 0 bridgehead atoms. The molecule has 0 aliphatic heterocycles. The first-order valence-corrected chi connectivity index (χ1v) is 7.93. The molecule has 0 atom stereocenters. The van der Waals surface area contributed by atoms with Crippen LogP contribution in [0, 0.1) is 0 Å². The topological polar surface area (TPSA) is 54.9 Å². The van der Waals surface area contributed by atoms with E-state index in [9.17, 15) is 4.79 Å². The van der Waals surface area contributed by atoms with Crippen LogP contribution >= 0.6 is 0 Å². The summed E-state index contributed by atoms with van der Waals surface area (Å²) in [6.07, 6.45) is 3.49. The monoisotopic (exact) mass is 325 g/mol. The smallest absolute Gasteiger partial charge is 0.274 e. The van der Waals surface area contributed by atoms with Crippen molar-refractivity contribution in [3.05, 3.63) is 84.7 Å². The third kappa shape index (κ3) is 2.85. The molecule has 0 unspecified atom stereocenters. The summed E-state index contributed by atoms with van der Waals surface area (Å²) >= 11 is 0. The summed E-state index contributed by atoms with van der Waals surface area (Å²) in [5.74, 6) is -0.249. The van der Waals surface area contributed by atoms with Crippen molar-refractivity contribution in [3.63, 3.8) is 0 Å². The van der Waals surface area contributed by atoms with Crippen molar-refractivity contribution in [2.24, 2.45) is 0 Å². The largest absolute Gasteiger partial charge is 0.321 e. The highest BCUT2D eigenvalue weighted by Crippen LogP contribution is 2.22. The van der Waals surface area contributed by atoms with Crippen molar-refractivity contribution in [2.75, 3.05) is 5.32 Å². The van der Waals surface area contributed by atoms with E-state index in [1.165, 1.54) is 0 Å². The van der Waals surface area contributed by atoms with Gasteiger partial charge in [-0.1, -0.05) is 49.1 Å². The van der Waals surface area contributed by atoms with Gasteiger partial charge in [0.1, 0.15) is 5.69 Å². The Balaban J connectivity index is 1.71. The molecule has 1 amide bonds. The number of aromatic nitrogens is 2. The fourth-order valence-corrected chi connectivity index (χ4v) is 2.75. The van der Waals surface area contributed by atoms with Crippen LogP contribution in [0.3, 0.4) is 0 Å². The molecule has 0 saturated heterocycles. The van der Waals surface area contributed by atoms with Gasteiger partial charge in [0, 0.05) is 22.7 Å². The van der Waals surface area contributed by atoms with Gasteiger partial charge in [-0.3, -0.25) is 9.78 Å². The van der Waals surface area contributed by atoms with Crippen molar-refractivity contribution in [1.82, 2.24) is 9.97 Å². The van der Waals surface area contributed by atoms with Crippen LogP contribution in [0.2, 0.25) is 0 Å². The fraction of sp³-hybridized carbons (Fsp3) is 0. The summed E-state index contributed by atoms with van der Waals surface area (Å²) in [5, 5.41) is 4.82. The second-order valence-electron chi connectivity index (χ2n) is 5.69. The average molecular weight is 325 g/mol. The Morgan fingerprint density at radius 3 is 2.40 bits per heavy atom. The number of fused-ring (bicyclic) bond motifs is 3. The SMILES string of the molecule is C=Cc1ccc(NC(=O)c2ccc3ccc4cccnc4c3n2)cc1. The molecule has 2 aromatic heterocycles. The Morgan fingerprint density at radius 1 is 0.920 bits per heavy atom. The molecule has 2 aromatic carbocycles. The normalized spacial score (nSPS) is 10.7. The molecule has 0 radical (unpaired) electrons. The lowest BCUT2D eigenvalue weighted by atomic mass is 10.1. The molecule has 0 fully saturated rings. The van der Waals surface area contributed by atoms with Gasteiger partial charge in [0.25, 0.3) is 5.91 Å². The van der Waals surface area contributed by atoms with Gasteiger partial charge in [-0.2, -0.15) is 0 Å². The standard InChI is InChI=1S/C21H15N3O/c1-2-14-5-10-17(11-6-14)23-21(25)18-12-9-16-8-7-15-4-3-13-22-19(15)20(16)24-18/h2-13H,1H2,(H,23,25). The first-order valence-electron chi connectivity index (χ1n) is 7.93. The van der Waals surface area contributed by atoms with Gasteiger partial charge in [0.05, 0.1) is 11.0 Å². The molecule has 4 rings (SSSR count). The molecule has 120 valence electrons. The van der Waals surface area contributed by atoms with E-state index in [2.05, 4.69) is 21.9 Å². The summed E-state index contributed by atoms with van der Waals surface area (Å²) < 4.78 is 0. The number of hydrogen-bond acceptors (Lipinski definition) is 3. The summed E-state index contributed by atoms with van der Waals surface area (Å²) in [7, 11) is 0. The minimum absolute atomic E-state index is 0.249. The maximum atomic E-state index is 12.5. The number of hydrogen-bond donors (Lipinski definition) is 1. The molecule has 4 nitrogen and oxygen atoms in total. The summed E-state index contributed by atoms with van der Waals surface area (Å²) in [4.78, 5) is 21.5. The number of carbonyl (C=O) groups is 1. The molecule has 0 spiro atoms. The lowest BCUT2D eigenvalue weighted by molar-refractivity contribution is 0.102. The van der Waals surface area contributed by atoms with Crippen molar-refractivity contribution in [2.45, 2.75) is 0 Å². The van der Waals surface area contributed by atoms with E-state index < -0.39 is 0 Å². The lowest BCUT2D eigenvalue weighted by Gasteiger charge is -2.07. The van der Waals surface area contributed by atoms with Crippen LogP contribution in [0.5, 0.6) is 0 Å². The highest BCUT2D eigenvalue weighted by atomic mass is 16.1. The van der Waals surface area contributed by atoms with Crippen molar-refractivity contribution < 1.29 is 4.79 Å². The highest BCUT2D eigenvalue weighted by molar-refractivity contribution is 6.07. The van der Waals surface area contributed by atoms with Gasteiger partial charge in [-0.25, -0.2) is 4.98 Å². The number of nitrogens with zero attached hydrogens (tertiary/aromatic N) is 2. The van der Waals surface area contributed by atoms with Crippen LogP contribution in [0.25, 0.3) is 27.9 Å². The van der Waals surface area contributed by atoms with Crippen LogP contribution in [0.4, 0.5) is 5.69 Å². The number of anilines is 1. The minimum atomic E-state index is -0.249. The van der Waals surface area contributed by atoms with Crippen LogP contribution < -0.4 is 5.32 Å². The Hall–Kier alpha value is -3.53. The van der Waals surface area contributed by atoms with Crippen molar-refractivity contribution >= 4 is 39.5 Å². The highest BCUT2D eigenvalue weighted by Gasteiger charge is 2.10. The molecular formula is C21H15N3O. The van der Waals surface area contributed by atoms with Gasteiger partial charge in [0.15, 0.2) is 0 Å². The average Bonchev–Trinajstić information content (AvgIpc) is 2.68. The van der Waals surface area contributed by atoms with Gasteiger partial charge < -0.3 is 5.32 Å². The predicted molar refractivity (Wildman–Crippen MR) is 102 cm³/mol. The molecule has 0 aliphatic rings. The fourth-order valence-electron chi connectivity index (χ4n) is 2.75. The zero-order chi connectivity index (χ0) is 17.2. The zero-order valence-electron chi connectivity index (χ0n) is 13.4. The van der Waals surface area contributed by atoms with Crippen LogP contribution in [0.15, 0.2) is 73.4 Å². The van der Waals surface area contributed by atoms with Gasteiger partial charge in [-0.15, -0.1) is 0 Å². The number of carbonyl (C=O) groups excluding carboxylic acids is 1. The van der Waals surface area contributed by atoms with E-state index >= 15 is 0 Å². The van der Waals surface area contributed by atoms with E-state index in [0.29, 0.717) is 11.4 Å². The van der Waals surface area contributed by atoms with Crippen LogP contribution in [-0.4, -0.2) is 15.9 Å². The maximum Gasteiger partial charge on any atom is 0.274 e. The van der Waals surface area contributed by atoms with E-state index in [4.69, 9.17) is 0 Å². The molecule has 1 N–H and O–H groups in total. The third-order valence-corrected chi connectivity index (χ3v) is 4.07. The second-order valence-corrected chi connectivity index (χ2v) is 5.69. The number of pyridine rings is 2. The Labute approximate surface area is 144 Å². The number of nitrogens with one attached hydrogen (secondary N) is 1. The molecule has 2 heterocycles. The molecule has 0 aliphatic carbocycles. The Kier molecular flexibility index (Phi) is 3.71. The Bertz CT molecular complexity index is 1100. The molecule has 4 heteroatoms. The van der Waals surface area contributed by atoms with Gasteiger partial charge >= 0.3 is 0 Å². The second kappa shape index (κ2) is 6.17. The molecule has 4 aromatic rings. The van der Waals surface area contributed by atoms with E-state index in [0.717, 1.165) is 27.4 Å². The lowest BCUT2D eigenvalue weighted by Crippen LogP contribution is -2.13. The van der Waals surface area contributed by atoms with Gasteiger partial charge in [0.2, 0.25) is 0 Å². The van der Waals surface area contributed by atoms with Crippen molar-refractivity contribution in [3.8, 4) is 0 Å². The van der Waals surface area contributed by atoms with Crippen molar-refractivity contribution in [1.29, 1.82) is 0 Å². The summed E-state index contributed by atoms with van der Waals surface area (Å²) in [6, 6.07) is 19.0. The van der Waals surface area contributed by atoms with Crippen LogP contribution in [-0.2, 0) is 0 Å². The Morgan fingerprint density at radius 2 is 1.64 bits per heavy atom. The predicted octanol–water partition coefficient (Wildman–Crippen LogP) is 4.68. The number of amides is 1. The van der Waals surface area contributed by atoms with Crippen LogP contribution in [0.1, 0.15) is 16.1 Å². The first kappa shape index (κ1) is 15.0. The first-order chi connectivity index (χ1) is 12.2. The number of rotatable bonds is 3. The summed E-state index contributed by atoms with van der Waals surface area (Å²) in [5.41, 5.74) is 3.60. The summed E-state index contributed by atoms with van der Waals surface area (Å²) in [6.45, 7) is 3.72. The van der Waals surface area contributed by atoms with E-state index in [1.807, 2.05) is 54.6 Å². The number of benzene rings is 2. The molecular weight excluding hydrogens is 310 g/mol. The maximum absolute atomic E-state index is 12.5. The van der Waals surface area contributed by atoms with E-state index in [-0.39, 0.29) is 5.91 Å². The van der Waals surface area contributed by atoms with E-state index in [1.54, 1.807) is 18.3 Å². The molecule has 0 saturated carbocycles.